The molecule has 13 heavy (non-hydrogen) atoms. The molecule has 0 radical (unpaired) electrons. The van der Waals surface area contributed by atoms with Crippen LogP contribution in [0.15, 0.2) is 0 Å². The number of hydrogen-bond donors (Lipinski definition) is 1. The highest BCUT2D eigenvalue weighted by molar-refractivity contribution is 5.76. The van der Waals surface area contributed by atoms with Gasteiger partial charge in [0.2, 0.25) is 0 Å². The third-order valence-corrected chi connectivity index (χ3v) is 1.22. The fourth-order valence-corrected chi connectivity index (χ4v) is 0.594. The molecule has 0 fully saturated rings. The van der Waals surface area contributed by atoms with Crippen molar-refractivity contribution >= 4 is 11.9 Å². The summed E-state index contributed by atoms with van der Waals surface area (Å²) in [6, 6.07) is 0. The zero-order valence-corrected chi connectivity index (χ0v) is 7.78. The molecule has 0 aromatic carbocycles. The standard InChI is InChI=1S/C8H14O5/c1-3-4-5-12-7(10)8(11)13-6(2)9/h8,11H,3-5H2,1-2H3. The first kappa shape index (κ1) is 11.9. The van der Waals surface area contributed by atoms with Crippen LogP contribution in [0.4, 0.5) is 0 Å². The first-order valence-electron chi connectivity index (χ1n) is 4.09. The van der Waals surface area contributed by atoms with Crippen molar-refractivity contribution in [2.45, 2.75) is 33.0 Å². The predicted octanol–water partition coefficient (Wildman–Crippen LogP) is 0.211. The number of unbranched alkanes of at least 4 members (excludes halogenated alkanes) is 1. The summed E-state index contributed by atoms with van der Waals surface area (Å²) in [6.07, 6.45) is -0.190. The Kier molecular flexibility index (Phi) is 5.88. The van der Waals surface area contributed by atoms with Crippen LogP contribution >= 0.6 is 0 Å². The molecule has 0 aliphatic heterocycles. The number of aliphatic hydroxyl groups is 1. The van der Waals surface area contributed by atoms with Gasteiger partial charge < -0.3 is 14.6 Å². The van der Waals surface area contributed by atoms with E-state index in [0.29, 0.717) is 0 Å². The minimum Gasteiger partial charge on any atom is -0.461 e. The van der Waals surface area contributed by atoms with Crippen molar-refractivity contribution in [2.24, 2.45) is 0 Å². The lowest BCUT2D eigenvalue weighted by molar-refractivity contribution is -0.189. The van der Waals surface area contributed by atoms with E-state index < -0.39 is 18.2 Å². The first-order valence-corrected chi connectivity index (χ1v) is 4.09. The lowest BCUT2D eigenvalue weighted by Gasteiger charge is -2.09. The van der Waals surface area contributed by atoms with Crippen molar-refractivity contribution in [1.82, 2.24) is 0 Å². The maximum atomic E-state index is 10.8. The zero-order chi connectivity index (χ0) is 10.3. The van der Waals surface area contributed by atoms with Crippen LogP contribution in [-0.2, 0) is 19.1 Å². The molecule has 0 aliphatic carbocycles. The van der Waals surface area contributed by atoms with Crippen molar-refractivity contribution in [3.63, 3.8) is 0 Å². The molecular weight excluding hydrogens is 176 g/mol. The Balaban J connectivity index is 3.63. The average Bonchev–Trinajstić information content (AvgIpc) is 2.03. The third-order valence-electron chi connectivity index (χ3n) is 1.22. The average molecular weight is 190 g/mol. The van der Waals surface area contributed by atoms with Crippen LogP contribution < -0.4 is 0 Å². The SMILES string of the molecule is CCCCOC(=O)C(O)OC(C)=O. The van der Waals surface area contributed by atoms with Crippen molar-refractivity contribution in [3.8, 4) is 0 Å². The number of carbonyl (C=O) groups is 2. The van der Waals surface area contributed by atoms with Gasteiger partial charge in [-0.3, -0.25) is 4.79 Å². The van der Waals surface area contributed by atoms with E-state index in [1.54, 1.807) is 0 Å². The fraction of sp³-hybridized carbons (Fsp3) is 0.750. The molecule has 0 rings (SSSR count). The van der Waals surface area contributed by atoms with E-state index >= 15 is 0 Å². The Bertz CT molecular complexity index is 177. The summed E-state index contributed by atoms with van der Waals surface area (Å²) < 4.78 is 8.76. The molecule has 76 valence electrons. The maximum Gasteiger partial charge on any atom is 0.376 e. The van der Waals surface area contributed by atoms with E-state index in [1.807, 2.05) is 6.92 Å². The second-order valence-electron chi connectivity index (χ2n) is 2.48. The lowest BCUT2D eigenvalue weighted by atomic mass is 10.4. The van der Waals surface area contributed by atoms with Crippen LogP contribution in [0.2, 0.25) is 0 Å². The van der Waals surface area contributed by atoms with Crippen LogP contribution in [0.1, 0.15) is 26.7 Å². The monoisotopic (exact) mass is 190 g/mol. The van der Waals surface area contributed by atoms with E-state index in [4.69, 9.17) is 5.11 Å². The molecule has 0 spiro atoms. The first-order chi connectivity index (χ1) is 6.07. The molecule has 5 nitrogen and oxygen atoms in total. The largest absolute Gasteiger partial charge is 0.461 e. The summed E-state index contributed by atoms with van der Waals surface area (Å²) >= 11 is 0. The number of esters is 2. The number of aliphatic hydroxyl groups excluding tert-OH is 1. The van der Waals surface area contributed by atoms with Gasteiger partial charge in [0.1, 0.15) is 0 Å². The Morgan fingerprint density at radius 1 is 1.46 bits per heavy atom. The molecule has 0 aromatic heterocycles. The lowest BCUT2D eigenvalue weighted by Crippen LogP contribution is -2.28. The van der Waals surface area contributed by atoms with Gasteiger partial charge in [-0.25, -0.2) is 4.79 Å². The minimum atomic E-state index is -1.80. The number of carbonyl (C=O) groups excluding carboxylic acids is 2. The molecule has 0 heterocycles. The molecular formula is C8H14O5. The van der Waals surface area contributed by atoms with Crippen LogP contribution in [0.5, 0.6) is 0 Å². The molecule has 0 amide bonds. The second kappa shape index (κ2) is 6.42. The van der Waals surface area contributed by atoms with Crippen LogP contribution in [-0.4, -0.2) is 29.9 Å². The van der Waals surface area contributed by atoms with Gasteiger partial charge in [-0.15, -0.1) is 0 Å². The minimum absolute atomic E-state index is 0.230. The fourth-order valence-electron chi connectivity index (χ4n) is 0.594. The van der Waals surface area contributed by atoms with Crippen LogP contribution in [0.3, 0.4) is 0 Å². The Morgan fingerprint density at radius 3 is 2.54 bits per heavy atom. The normalized spacial score (nSPS) is 11.9. The molecule has 1 unspecified atom stereocenters. The highest BCUT2D eigenvalue weighted by Gasteiger charge is 2.18. The van der Waals surface area contributed by atoms with E-state index in [2.05, 4.69) is 9.47 Å². The smallest absolute Gasteiger partial charge is 0.376 e. The molecule has 0 aromatic rings. The summed E-state index contributed by atoms with van der Waals surface area (Å²) in [5, 5.41) is 8.87. The highest BCUT2D eigenvalue weighted by Crippen LogP contribution is 1.95. The van der Waals surface area contributed by atoms with Crippen LogP contribution in [0, 0.1) is 0 Å². The van der Waals surface area contributed by atoms with E-state index in [-0.39, 0.29) is 6.61 Å². The van der Waals surface area contributed by atoms with Crippen molar-refractivity contribution in [3.05, 3.63) is 0 Å². The quantitative estimate of drug-likeness (QED) is 0.381. The zero-order valence-electron chi connectivity index (χ0n) is 7.78. The van der Waals surface area contributed by atoms with Gasteiger partial charge >= 0.3 is 11.9 Å². The van der Waals surface area contributed by atoms with Gasteiger partial charge in [0.15, 0.2) is 0 Å². The summed E-state index contributed by atoms with van der Waals surface area (Å²) in [5.41, 5.74) is 0. The Hall–Kier alpha value is -1.10. The Morgan fingerprint density at radius 2 is 2.08 bits per heavy atom. The van der Waals surface area contributed by atoms with Gasteiger partial charge in [0, 0.05) is 6.92 Å². The summed E-state index contributed by atoms with van der Waals surface area (Å²) in [7, 11) is 0. The highest BCUT2D eigenvalue weighted by atomic mass is 16.7. The number of hydrogen-bond acceptors (Lipinski definition) is 5. The topological polar surface area (TPSA) is 72.8 Å². The number of rotatable bonds is 5. The summed E-state index contributed by atoms with van der Waals surface area (Å²) in [6.45, 7) is 3.27. The van der Waals surface area contributed by atoms with Gasteiger partial charge in [-0.2, -0.15) is 0 Å². The summed E-state index contributed by atoms with van der Waals surface area (Å²) in [4.78, 5) is 21.1. The van der Waals surface area contributed by atoms with Crippen molar-refractivity contribution < 1.29 is 24.2 Å². The Labute approximate surface area is 76.6 Å². The van der Waals surface area contributed by atoms with Gasteiger partial charge in [0.05, 0.1) is 6.61 Å². The molecule has 1 N–H and O–H groups in total. The molecule has 0 bridgehead atoms. The van der Waals surface area contributed by atoms with E-state index in [9.17, 15) is 9.59 Å². The van der Waals surface area contributed by atoms with Gasteiger partial charge in [-0.1, -0.05) is 13.3 Å². The van der Waals surface area contributed by atoms with Crippen LogP contribution in [0.25, 0.3) is 0 Å². The van der Waals surface area contributed by atoms with Gasteiger partial charge in [-0.05, 0) is 6.42 Å². The van der Waals surface area contributed by atoms with E-state index in [0.717, 1.165) is 19.8 Å². The summed E-state index contributed by atoms with van der Waals surface area (Å²) in [5.74, 6) is -1.65. The molecule has 0 saturated carbocycles. The number of ether oxygens (including phenoxy) is 2. The van der Waals surface area contributed by atoms with Crippen molar-refractivity contribution in [2.75, 3.05) is 6.61 Å². The predicted molar refractivity (Wildman–Crippen MR) is 43.6 cm³/mol. The van der Waals surface area contributed by atoms with Crippen molar-refractivity contribution in [1.29, 1.82) is 0 Å². The third kappa shape index (κ3) is 6.10. The molecule has 0 saturated heterocycles. The molecule has 5 heteroatoms. The second-order valence-corrected chi connectivity index (χ2v) is 2.48. The van der Waals surface area contributed by atoms with E-state index in [1.165, 1.54) is 0 Å². The molecule has 0 aliphatic rings. The molecule has 1 atom stereocenters. The maximum absolute atomic E-state index is 10.8. The van der Waals surface area contributed by atoms with Gasteiger partial charge in [0.25, 0.3) is 6.29 Å².